The predicted molar refractivity (Wildman–Crippen MR) is 86.4 cm³/mol. The monoisotopic (exact) mass is 374 g/mol. The van der Waals surface area contributed by atoms with E-state index in [1.807, 2.05) is 0 Å². The Bertz CT molecular complexity index is 428. The fourth-order valence-corrected chi connectivity index (χ4v) is 1.36. The molecule has 3 nitrogen and oxygen atoms in total. The normalized spacial score (nSPS) is 9.15. The molecule has 0 saturated heterocycles. The molecule has 0 spiro atoms. The predicted octanol–water partition coefficient (Wildman–Crippen LogP) is 5.35. The van der Waals surface area contributed by atoms with Crippen LogP contribution >= 0.6 is 54.7 Å². The number of benzene rings is 2. The summed E-state index contributed by atoms with van der Waals surface area (Å²) >= 11 is 22.2. The molecule has 0 amide bonds. The molecule has 0 saturated carbocycles. The molecule has 8 heteroatoms. The molecule has 2 N–H and O–H groups in total. The Balaban J connectivity index is 0.000000289. The van der Waals surface area contributed by atoms with Gasteiger partial charge in [0.05, 0.1) is 0 Å². The number of hydrogen-bond donors (Lipinski definition) is 2. The maximum atomic E-state index is 8.74. The Kier molecular flexibility index (Phi) is 11.3. The van der Waals surface area contributed by atoms with Crippen molar-refractivity contribution in [2.24, 2.45) is 0 Å². The Morgan fingerprint density at radius 1 is 0.600 bits per heavy atom. The second kappa shape index (κ2) is 11.4. The Morgan fingerprint density at radius 2 is 0.700 bits per heavy atom. The van der Waals surface area contributed by atoms with Crippen LogP contribution in [-0.4, -0.2) is 9.79 Å². The van der Waals surface area contributed by atoms with Gasteiger partial charge in [0.25, 0.3) is 0 Å². The smallest absolute Gasteiger partial charge is 0.314 e. The number of rotatable bonds is 0. The van der Waals surface area contributed by atoms with Gasteiger partial charge < -0.3 is 9.79 Å². The minimum absolute atomic E-state index is 0.717. The Hall–Kier alpha value is -0.250. The molecule has 0 aliphatic rings. The second-order valence-electron chi connectivity index (χ2n) is 3.16. The van der Waals surface area contributed by atoms with Crippen LogP contribution in [0.25, 0.3) is 0 Å². The average Bonchev–Trinajstić information content (AvgIpc) is 2.37. The van der Waals surface area contributed by atoms with Crippen LogP contribution in [0.2, 0.25) is 20.1 Å². The van der Waals surface area contributed by atoms with Gasteiger partial charge in [-0.05, 0) is 48.5 Å². The SMILES string of the molecule is Clc1ccc(Cl)cc1.Clc1ccc(Cl)cc1.O=[PH](O)O. The molecule has 0 heterocycles. The minimum atomic E-state index is -3.13. The van der Waals surface area contributed by atoms with Crippen molar-refractivity contribution in [3.8, 4) is 0 Å². The topological polar surface area (TPSA) is 57.5 Å². The molecule has 0 atom stereocenters. The molecule has 2 aromatic rings. The summed E-state index contributed by atoms with van der Waals surface area (Å²) in [6, 6.07) is 14.0. The van der Waals surface area contributed by atoms with Crippen molar-refractivity contribution in [1.82, 2.24) is 0 Å². The van der Waals surface area contributed by atoms with E-state index in [0.717, 1.165) is 20.1 Å². The van der Waals surface area contributed by atoms with E-state index in [1.165, 1.54) is 0 Å². The van der Waals surface area contributed by atoms with Gasteiger partial charge in [0.2, 0.25) is 0 Å². The number of hydrogen-bond acceptors (Lipinski definition) is 1. The fourth-order valence-electron chi connectivity index (χ4n) is 0.859. The zero-order chi connectivity index (χ0) is 15.5. The lowest BCUT2D eigenvalue weighted by Crippen LogP contribution is -1.60. The molecule has 0 fully saturated rings. The van der Waals surface area contributed by atoms with Gasteiger partial charge >= 0.3 is 8.25 Å². The highest BCUT2D eigenvalue weighted by Gasteiger charge is 1.84. The molecule has 0 radical (unpaired) electrons. The summed E-state index contributed by atoms with van der Waals surface area (Å²) in [5, 5.41) is 2.87. The summed E-state index contributed by atoms with van der Waals surface area (Å²) < 4.78 is 8.74. The third-order valence-electron chi connectivity index (χ3n) is 1.61. The van der Waals surface area contributed by atoms with E-state index in [1.54, 1.807) is 48.5 Å². The van der Waals surface area contributed by atoms with E-state index in [4.69, 9.17) is 60.8 Å². The molecule has 0 aliphatic heterocycles. The van der Waals surface area contributed by atoms with Crippen LogP contribution in [0.3, 0.4) is 0 Å². The highest BCUT2D eigenvalue weighted by molar-refractivity contribution is 7.30. The minimum Gasteiger partial charge on any atom is -0.326 e. The first-order valence-corrected chi connectivity index (χ1v) is 7.86. The van der Waals surface area contributed by atoms with Gasteiger partial charge in [0.15, 0.2) is 0 Å². The zero-order valence-corrected chi connectivity index (χ0v) is 14.0. The second-order valence-corrected chi connectivity index (χ2v) is 5.47. The van der Waals surface area contributed by atoms with Gasteiger partial charge in [-0.25, -0.2) is 0 Å². The van der Waals surface area contributed by atoms with Crippen LogP contribution in [0.1, 0.15) is 0 Å². The lowest BCUT2D eigenvalue weighted by molar-refractivity contribution is 0.405. The first-order chi connectivity index (χ1) is 9.31. The lowest BCUT2D eigenvalue weighted by atomic mass is 10.4. The van der Waals surface area contributed by atoms with Gasteiger partial charge in [0.1, 0.15) is 0 Å². The standard InChI is InChI=1S/2C6H4Cl2.H3O3P/c2*7-5-1-2-6(8)4-3-5;1-4(2)3/h2*1-4H;4H,(H2,1,2,3). The molecule has 0 aromatic heterocycles. The van der Waals surface area contributed by atoms with E-state index < -0.39 is 8.25 Å². The van der Waals surface area contributed by atoms with Crippen molar-refractivity contribution in [3.63, 3.8) is 0 Å². The summed E-state index contributed by atoms with van der Waals surface area (Å²) in [6.45, 7) is 0. The van der Waals surface area contributed by atoms with Gasteiger partial charge in [-0.2, -0.15) is 0 Å². The van der Waals surface area contributed by atoms with Crippen LogP contribution in [-0.2, 0) is 4.57 Å². The van der Waals surface area contributed by atoms with Crippen LogP contribution in [0.15, 0.2) is 48.5 Å². The molecular weight excluding hydrogens is 365 g/mol. The fraction of sp³-hybridized carbons (Fsp3) is 0. The number of halogens is 4. The third-order valence-corrected chi connectivity index (χ3v) is 2.61. The van der Waals surface area contributed by atoms with Crippen molar-refractivity contribution in [2.75, 3.05) is 0 Å². The van der Waals surface area contributed by atoms with Crippen LogP contribution in [0.5, 0.6) is 0 Å². The van der Waals surface area contributed by atoms with Gasteiger partial charge in [0, 0.05) is 20.1 Å². The van der Waals surface area contributed by atoms with E-state index in [0.29, 0.717) is 0 Å². The largest absolute Gasteiger partial charge is 0.326 e. The molecule has 0 aliphatic carbocycles. The summed E-state index contributed by atoms with van der Waals surface area (Å²) in [6.07, 6.45) is 0. The molecule has 2 rings (SSSR count). The van der Waals surface area contributed by atoms with E-state index in [-0.39, 0.29) is 0 Å². The summed E-state index contributed by atoms with van der Waals surface area (Å²) in [7, 11) is -3.13. The molecule has 20 heavy (non-hydrogen) atoms. The van der Waals surface area contributed by atoms with Crippen molar-refractivity contribution >= 4 is 54.7 Å². The molecule has 0 bridgehead atoms. The maximum absolute atomic E-state index is 8.74. The van der Waals surface area contributed by atoms with Crippen molar-refractivity contribution < 1.29 is 14.4 Å². The van der Waals surface area contributed by atoms with Gasteiger partial charge in [-0.3, -0.25) is 4.57 Å². The first-order valence-electron chi connectivity index (χ1n) is 5.05. The van der Waals surface area contributed by atoms with Crippen molar-refractivity contribution in [2.45, 2.75) is 0 Å². The third kappa shape index (κ3) is 12.8. The average molecular weight is 376 g/mol. The Labute approximate surface area is 137 Å². The molecule has 0 unspecified atom stereocenters. The summed E-state index contributed by atoms with van der Waals surface area (Å²) in [4.78, 5) is 14.3. The van der Waals surface area contributed by atoms with Crippen LogP contribution in [0.4, 0.5) is 0 Å². The highest BCUT2D eigenvalue weighted by Crippen LogP contribution is 2.13. The van der Waals surface area contributed by atoms with Gasteiger partial charge in [-0.15, -0.1) is 0 Å². The van der Waals surface area contributed by atoms with Crippen LogP contribution < -0.4 is 0 Å². The zero-order valence-electron chi connectivity index (χ0n) is 9.93. The first kappa shape index (κ1) is 19.8. The van der Waals surface area contributed by atoms with Crippen LogP contribution in [0, 0.1) is 0 Å². The van der Waals surface area contributed by atoms with E-state index in [2.05, 4.69) is 0 Å². The maximum Gasteiger partial charge on any atom is 0.314 e. The summed E-state index contributed by atoms with van der Waals surface area (Å²) in [5.41, 5.74) is 0. The van der Waals surface area contributed by atoms with E-state index >= 15 is 0 Å². The van der Waals surface area contributed by atoms with E-state index in [9.17, 15) is 0 Å². The van der Waals surface area contributed by atoms with Crippen molar-refractivity contribution in [1.29, 1.82) is 0 Å². The molecule has 2 aromatic carbocycles. The molecular formula is C12H11Cl4O3P. The lowest BCUT2D eigenvalue weighted by Gasteiger charge is -1.86. The van der Waals surface area contributed by atoms with Crippen molar-refractivity contribution in [3.05, 3.63) is 68.6 Å². The Morgan fingerprint density at radius 3 is 0.800 bits per heavy atom. The molecule has 110 valence electrons. The highest BCUT2D eigenvalue weighted by atomic mass is 35.5. The summed E-state index contributed by atoms with van der Waals surface area (Å²) in [5.74, 6) is 0. The van der Waals surface area contributed by atoms with Gasteiger partial charge in [-0.1, -0.05) is 46.4 Å². The quantitative estimate of drug-likeness (QED) is 0.610.